The summed E-state index contributed by atoms with van der Waals surface area (Å²) >= 11 is 0. The van der Waals surface area contributed by atoms with Gasteiger partial charge in [-0.1, -0.05) is 20.8 Å². The van der Waals surface area contributed by atoms with Crippen LogP contribution in [0.3, 0.4) is 0 Å². The molecule has 1 aromatic heterocycles. The molecule has 1 heterocycles. The van der Waals surface area contributed by atoms with Gasteiger partial charge in [-0.2, -0.15) is 9.78 Å². The normalized spacial score (nSPS) is 12.1. The van der Waals surface area contributed by atoms with Gasteiger partial charge >= 0.3 is 12.0 Å². The topological polar surface area (TPSA) is 73.2 Å². The second kappa shape index (κ2) is 6.50. The van der Waals surface area contributed by atoms with E-state index >= 15 is 0 Å². The molecule has 22 heavy (non-hydrogen) atoms. The largest absolute Gasteiger partial charge is 0.463 e. The highest BCUT2D eigenvalue weighted by atomic mass is 16.5. The summed E-state index contributed by atoms with van der Waals surface area (Å²) in [4.78, 5) is 24.1. The fourth-order valence-corrected chi connectivity index (χ4v) is 1.70. The van der Waals surface area contributed by atoms with Crippen LogP contribution in [0.1, 0.15) is 46.0 Å². The molecule has 1 aromatic rings. The SMILES string of the molecule is Cc1cc(C)n(C(=O)NCCOC(=O)C(C)(C)C(C)(C)C)n1. The number of ether oxygens (including phenoxy) is 1. The summed E-state index contributed by atoms with van der Waals surface area (Å²) in [5, 5.41) is 6.78. The molecule has 0 bridgehead atoms. The molecule has 0 aliphatic heterocycles. The van der Waals surface area contributed by atoms with Crippen LogP contribution < -0.4 is 5.32 Å². The van der Waals surface area contributed by atoms with Crippen molar-refractivity contribution >= 4 is 12.0 Å². The third-order valence-electron chi connectivity index (χ3n) is 4.20. The third-order valence-corrected chi connectivity index (χ3v) is 4.20. The van der Waals surface area contributed by atoms with Crippen LogP contribution in [0.4, 0.5) is 4.79 Å². The van der Waals surface area contributed by atoms with Crippen molar-refractivity contribution in [1.82, 2.24) is 15.1 Å². The van der Waals surface area contributed by atoms with Crippen LogP contribution in [0.25, 0.3) is 0 Å². The molecular weight excluding hydrogens is 282 g/mol. The van der Waals surface area contributed by atoms with Gasteiger partial charge in [-0.05, 0) is 39.2 Å². The van der Waals surface area contributed by atoms with Crippen LogP contribution in [0.15, 0.2) is 6.07 Å². The van der Waals surface area contributed by atoms with E-state index < -0.39 is 5.41 Å². The summed E-state index contributed by atoms with van der Waals surface area (Å²) in [6, 6.07) is 1.50. The maximum atomic E-state index is 12.1. The lowest BCUT2D eigenvalue weighted by Crippen LogP contribution is -2.40. The number of carbonyl (C=O) groups is 2. The minimum Gasteiger partial charge on any atom is -0.463 e. The monoisotopic (exact) mass is 309 g/mol. The van der Waals surface area contributed by atoms with Crippen molar-refractivity contribution in [3.8, 4) is 0 Å². The molecular formula is C16H27N3O3. The van der Waals surface area contributed by atoms with Gasteiger partial charge in [0.1, 0.15) is 6.61 Å². The zero-order valence-electron chi connectivity index (χ0n) is 14.6. The van der Waals surface area contributed by atoms with Gasteiger partial charge < -0.3 is 10.1 Å². The molecule has 0 saturated carbocycles. The zero-order valence-corrected chi connectivity index (χ0v) is 14.6. The fraction of sp³-hybridized carbons (Fsp3) is 0.688. The van der Waals surface area contributed by atoms with Crippen molar-refractivity contribution in [3.63, 3.8) is 0 Å². The Bertz CT molecular complexity index is 553. The molecule has 0 radical (unpaired) electrons. The van der Waals surface area contributed by atoms with Gasteiger partial charge in [0.15, 0.2) is 0 Å². The van der Waals surface area contributed by atoms with Crippen LogP contribution in [0.2, 0.25) is 0 Å². The van der Waals surface area contributed by atoms with Gasteiger partial charge in [0.05, 0.1) is 17.7 Å². The molecule has 1 rings (SSSR count). The lowest BCUT2D eigenvalue weighted by atomic mass is 9.69. The molecule has 0 aromatic carbocycles. The number of aryl methyl sites for hydroxylation is 2. The van der Waals surface area contributed by atoms with Crippen molar-refractivity contribution in [2.75, 3.05) is 13.2 Å². The Morgan fingerprint density at radius 2 is 1.82 bits per heavy atom. The van der Waals surface area contributed by atoms with Gasteiger partial charge in [-0.25, -0.2) is 4.79 Å². The Labute approximate surface area is 132 Å². The molecule has 0 spiro atoms. The molecule has 6 heteroatoms. The number of nitrogens with zero attached hydrogens (tertiary/aromatic N) is 2. The molecule has 6 nitrogen and oxygen atoms in total. The second-order valence-corrected chi connectivity index (χ2v) is 7.08. The quantitative estimate of drug-likeness (QED) is 0.685. The van der Waals surface area contributed by atoms with Crippen molar-refractivity contribution in [3.05, 3.63) is 17.5 Å². The highest BCUT2D eigenvalue weighted by Crippen LogP contribution is 2.38. The van der Waals surface area contributed by atoms with Gasteiger partial charge in [0.2, 0.25) is 0 Å². The third kappa shape index (κ3) is 4.08. The Kier molecular flexibility index (Phi) is 5.38. The van der Waals surface area contributed by atoms with E-state index in [1.165, 1.54) is 4.68 Å². The van der Waals surface area contributed by atoms with E-state index in [1.807, 2.05) is 54.5 Å². The lowest BCUT2D eigenvalue weighted by molar-refractivity contribution is -0.160. The van der Waals surface area contributed by atoms with Crippen LogP contribution in [0.5, 0.6) is 0 Å². The molecule has 0 aliphatic carbocycles. The number of rotatable bonds is 4. The smallest absolute Gasteiger partial charge is 0.342 e. The molecule has 1 amide bonds. The summed E-state index contributed by atoms with van der Waals surface area (Å²) in [5.41, 5.74) is 0.760. The van der Waals surface area contributed by atoms with Gasteiger partial charge in [0, 0.05) is 5.69 Å². The first-order valence-electron chi connectivity index (χ1n) is 7.45. The minimum atomic E-state index is -0.591. The van der Waals surface area contributed by atoms with Crippen LogP contribution >= 0.6 is 0 Å². The second-order valence-electron chi connectivity index (χ2n) is 7.08. The Morgan fingerprint density at radius 3 is 2.27 bits per heavy atom. The predicted molar refractivity (Wildman–Crippen MR) is 84.7 cm³/mol. The molecule has 0 atom stereocenters. The summed E-state index contributed by atoms with van der Waals surface area (Å²) in [5.74, 6) is -0.264. The van der Waals surface area contributed by atoms with E-state index in [9.17, 15) is 9.59 Å². The molecule has 1 N–H and O–H groups in total. The fourth-order valence-electron chi connectivity index (χ4n) is 1.70. The molecule has 0 saturated heterocycles. The summed E-state index contributed by atoms with van der Waals surface area (Å²) in [6.45, 7) is 13.8. The first-order chi connectivity index (χ1) is 9.96. The Morgan fingerprint density at radius 1 is 1.23 bits per heavy atom. The summed E-state index contributed by atoms with van der Waals surface area (Å²) < 4.78 is 6.57. The summed E-state index contributed by atoms with van der Waals surface area (Å²) in [7, 11) is 0. The number of esters is 1. The maximum absolute atomic E-state index is 12.1. The average Bonchev–Trinajstić information content (AvgIpc) is 2.71. The number of hydrogen-bond acceptors (Lipinski definition) is 4. The number of aromatic nitrogens is 2. The van der Waals surface area contributed by atoms with E-state index in [2.05, 4.69) is 10.4 Å². The number of nitrogens with one attached hydrogen (secondary N) is 1. The Hall–Kier alpha value is -1.85. The Balaban J connectivity index is 2.44. The predicted octanol–water partition coefficient (Wildman–Crippen LogP) is 2.67. The van der Waals surface area contributed by atoms with E-state index in [0.29, 0.717) is 0 Å². The first-order valence-corrected chi connectivity index (χ1v) is 7.45. The standard InChI is InChI=1S/C16H27N3O3/c1-11-10-12(2)19(18-11)14(21)17-8-9-22-13(20)16(6,7)15(3,4)5/h10H,8-9H2,1-7H3,(H,17,21). The van der Waals surface area contributed by atoms with Gasteiger partial charge in [0.25, 0.3) is 0 Å². The van der Waals surface area contributed by atoms with E-state index in [4.69, 9.17) is 4.74 Å². The van der Waals surface area contributed by atoms with E-state index in [0.717, 1.165) is 11.4 Å². The molecule has 124 valence electrons. The molecule has 0 unspecified atom stereocenters. The van der Waals surface area contributed by atoms with E-state index in [1.54, 1.807) is 0 Å². The van der Waals surface area contributed by atoms with Crippen LogP contribution in [-0.2, 0) is 9.53 Å². The maximum Gasteiger partial charge on any atom is 0.342 e. The average molecular weight is 309 g/mol. The zero-order chi connectivity index (χ0) is 17.1. The lowest BCUT2D eigenvalue weighted by Gasteiger charge is -2.36. The highest BCUT2D eigenvalue weighted by molar-refractivity contribution is 5.77. The molecule has 0 fully saturated rings. The first kappa shape index (κ1) is 18.2. The molecule has 0 aliphatic rings. The number of hydrogen-bond donors (Lipinski definition) is 1. The van der Waals surface area contributed by atoms with Gasteiger partial charge in [-0.15, -0.1) is 0 Å². The minimum absolute atomic E-state index is 0.142. The number of carbonyl (C=O) groups excluding carboxylic acids is 2. The van der Waals surface area contributed by atoms with Crippen molar-refractivity contribution < 1.29 is 14.3 Å². The van der Waals surface area contributed by atoms with Crippen LogP contribution in [0, 0.1) is 24.7 Å². The van der Waals surface area contributed by atoms with Crippen LogP contribution in [-0.4, -0.2) is 34.9 Å². The van der Waals surface area contributed by atoms with Crippen molar-refractivity contribution in [2.45, 2.75) is 48.5 Å². The number of amides is 1. The van der Waals surface area contributed by atoms with E-state index in [-0.39, 0.29) is 30.6 Å². The van der Waals surface area contributed by atoms with Gasteiger partial charge in [-0.3, -0.25) is 4.79 Å². The van der Waals surface area contributed by atoms with Crippen molar-refractivity contribution in [2.24, 2.45) is 10.8 Å². The highest BCUT2D eigenvalue weighted by Gasteiger charge is 2.41. The van der Waals surface area contributed by atoms with Crippen molar-refractivity contribution in [1.29, 1.82) is 0 Å². The summed E-state index contributed by atoms with van der Waals surface area (Å²) in [6.07, 6.45) is 0.